The fourth-order valence-electron chi connectivity index (χ4n) is 3.73. The van der Waals surface area contributed by atoms with E-state index in [2.05, 4.69) is 24.5 Å². The van der Waals surface area contributed by atoms with Gasteiger partial charge in [-0.3, -0.25) is 4.79 Å². The molecule has 2 rings (SSSR count). The van der Waals surface area contributed by atoms with Crippen molar-refractivity contribution in [1.82, 2.24) is 10.6 Å². The molecule has 0 radical (unpaired) electrons. The summed E-state index contributed by atoms with van der Waals surface area (Å²) >= 11 is 0. The van der Waals surface area contributed by atoms with Gasteiger partial charge in [-0.2, -0.15) is 0 Å². The smallest absolute Gasteiger partial charge is 0.329 e. The van der Waals surface area contributed by atoms with Crippen LogP contribution in [0.5, 0.6) is 0 Å². The summed E-state index contributed by atoms with van der Waals surface area (Å²) in [6.07, 6.45) is 4.44. The molecule has 0 aromatic heterocycles. The van der Waals surface area contributed by atoms with Crippen LogP contribution in [0.2, 0.25) is 0 Å². The summed E-state index contributed by atoms with van der Waals surface area (Å²) in [5, 5.41) is 5.92. The third-order valence-corrected chi connectivity index (χ3v) is 5.57. The van der Waals surface area contributed by atoms with E-state index in [0.29, 0.717) is 31.4 Å². The van der Waals surface area contributed by atoms with Gasteiger partial charge in [-0.15, -0.1) is 0 Å². The SMILES string of the molecule is CNCCOC(=O)[C@@H](Cc1ccccc1)NC(=O)[C@H]1CC[C@H](C(C)C)CC1. The first-order valence-corrected chi connectivity index (χ1v) is 10.2. The zero-order valence-corrected chi connectivity index (χ0v) is 16.9. The Bertz CT molecular complexity index is 580. The van der Waals surface area contributed by atoms with Crippen molar-refractivity contribution in [2.45, 2.75) is 52.0 Å². The summed E-state index contributed by atoms with van der Waals surface area (Å²) in [5.41, 5.74) is 1.01. The standard InChI is InChI=1S/C22H34N2O3/c1-16(2)18-9-11-19(12-10-18)21(25)24-20(22(26)27-14-13-23-3)15-17-7-5-4-6-8-17/h4-8,16,18-20,23H,9-15H2,1-3H3,(H,24,25)/t18-,19-,20-/m1/s1. The zero-order valence-electron chi connectivity index (χ0n) is 16.9. The number of esters is 1. The van der Waals surface area contributed by atoms with Gasteiger partial charge in [0.25, 0.3) is 0 Å². The van der Waals surface area contributed by atoms with E-state index in [-0.39, 0.29) is 17.8 Å². The summed E-state index contributed by atoms with van der Waals surface area (Å²) in [6, 6.07) is 9.11. The fraction of sp³-hybridized carbons (Fsp3) is 0.636. The molecule has 0 unspecified atom stereocenters. The quantitative estimate of drug-likeness (QED) is 0.515. The summed E-state index contributed by atoms with van der Waals surface area (Å²) in [7, 11) is 1.81. The Kier molecular flexibility index (Phi) is 8.79. The maximum atomic E-state index is 12.8. The van der Waals surface area contributed by atoms with Crippen LogP contribution in [0.1, 0.15) is 45.1 Å². The number of likely N-dealkylation sites (N-methyl/N-ethyl adjacent to an activating group) is 1. The second-order valence-electron chi connectivity index (χ2n) is 7.88. The number of carbonyl (C=O) groups is 2. The Hall–Kier alpha value is -1.88. The minimum absolute atomic E-state index is 0.00313. The van der Waals surface area contributed by atoms with Crippen LogP contribution >= 0.6 is 0 Å². The van der Waals surface area contributed by atoms with Gasteiger partial charge in [0.1, 0.15) is 12.6 Å². The van der Waals surface area contributed by atoms with E-state index in [1.807, 2.05) is 37.4 Å². The lowest BCUT2D eigenvalue weighted by Gasteiger charge is -2.31. The van der Waals surface area contributed by atoms with Crippen molar-refractivity contribution in [3.8, 4) is 0 Å². The monoisotopic (exact) mass is 374 g/mol. The molecule has 1 amide bonds. The Balaban J connectivity index is 1.95. The normalized spacial score (nSPS) is 20.9. The molecule has 1 saturated carbocycles. The van der Waals surface area contributed by atoms with Gasteiger partial charge < -0.3 is 15.4 Å². The fourth-order valence-corrected chi connectivity index (χ4v) is 3.73. The van der Waals surface area contributed by atoms with Crippen LogP contribution in [0.25, 0.3) is 0 Å². The number of ether oxygens (including phenoxy) is 1. The van der Waals surface area contributed by atoms with Gasteiger partial charge in [0, 0.05) is 18.9 Å². The lowest BCUT2D eigenvalue weighted by molar-refractivity contribution is -0.148. The van der Waals surface area contributed by atoms with Gasteiger partial charge in [0.05, 0.1) is 0 Å². The van der Waals surface area contributed by atoms with Gasteiger partial charge >= 0.3 is 5.97 Å². The van der Waals surface area contributed by atoms with E-state index in [4.69, 9.17) is 4.74 Å². The highest BCUT2D eigenvalue weighted by Crippen LogP contribution is 2.33. The van der Waals surface area contributed by atoms with Crippen LogP contribution < -0.4 is 10.6 Å². The van der Waals surface area contributed by atoms with Crippen LogP contribution in [0, 0.1) is 17.8 Å². The molecule has 5 heteroatoms. The Morgan fingerprint density at radius 3 is 2.37 bits per heavy atom. The van der Waals surface area contributed by atoms with E-state index in [1.165, 1.54) is 0 Å². The van der Waals surface area contributed by atoms with E-state index in [1.54, 1.807) is 0 Å². The topological polar surface area (TPSA) is 67.4 Å². The van der Waals surface area contributed by atoms with Crippen molar-refractivity contribution in [1.29, 1.82) is 0 Å². The van der Waals surface area contributed by atoms with Crippen LogP contribution in [-0.2, 0) is 20.7 Å². The maximum absolute atomic E-state index is 12.8. The van der Waals surface area contributed by atoms with Crippen LogP contribution in [0.15, 0.2) is 30.3 Å². The van der Waals surface area contributed by atoms with Crippen molar-refractivity contribution in [2.75, 3.05) is 20.2 Å². The first kappa shape index (κ1) is 21.4. The van der Waals surface area contributed by atoms with Crippen molar-refractivity contribution < 1.29 is 14.3 Å². The van der Waals surface area contributed by atoms with Gasteiger partial charge in [0.15, 0.2) is 0 Å². The molecular formula is C22H34N2O3. The minimum Gasteiger partial charge on any atom is -0.463 e. The second-order valence-corrected chi connectivity index (χ2v) is 7.88. The molecule has 0 heterocycles. The number of carbonyl (C=O) groups excluding carboxylic acids is 2. The molecule has 0 bridgehead atoms. The number of benzene rings is 1. The van der Waals surface area contributed by atoms with Crippen LogP contribution in [-0.4, -0.2) is 38.1 Å². The van der Waals surface area contributed by atoms with Crippen molar-refractivity contribution >= 4 is 11.9 Å². The van der Waals surface area contributed by atoms with Crippen LogP contribution in [0.4, 0.5) is 0 Å². The first-order valence-electron chi connectivity index (χ1n) is 10.2. The number of hydrogen-bond acceptors (Lipinski definition) is 4. The van der Waals surface area contributed by atoms with Gasteiger partial charge in [-0.1, -0.05) is 44.2 Å². The Labute approximate surface area is 163 Å². The molecule has 1 fully saturated rings. The minimum atomic E-state index is -0.639. The van der Waals surface area contributed by atoms with Crippen molar-refractivity contribution in [3.63, 3.8) is 0 Å². The zero-order chi connectivity index (χ0) is 19.6. The van der Waals surface area contributed by atoms with E-state index < -0.39 is 6.04 Å². The third kappa shape index (κ3) is 6.98. The van der Waals surface area contributed by atoms with E-state index in [9.17, 15) is 9.59 Å². The Morgan fingerprint density at radius 1 is 1.11 bits per heavy atom. The summed E-state index contributed by atoms with van der Waals surface area (Å²) in [6.45, 7) is 5.40. The lowest BCUT2D eigenvalue weighted by Crippen LogP contribution is -2.46. The van der Waals surface area contributed by atoms with E-state index >= 15 is 0 Å². The molecule has 1 aromatic rings. The first-order chi connectivity index (χ1) is 13.0. The molecule has 5 nitrogen and oxygen atoms in total. The van der Waals surface area contributed by atoms with Crippen molar-refractivity contribution in [2.24, 2.45) is 17.8 Å². The molecular weight excluding hydrogens is 340 g/mol. The average Bonchev–Trinajstić information content (AvgIpc) is 2.68. The number of hydrogen-bond donors (Lipinski definition) is 2. The highest BCUT2D eigenvalue weighted by Gasteiger charge is 2.30. The lowest BCUT2D eigenvalue weighted by atomic mass is 9.76. The molecule has 150 valence electrons. The second kappa shape index (κ2) is 11.1. The largest absolute Gasteiger partial charge is 0.463 e. The third-order valence-electron chi connectivity index (χ3n) is 5.57. The molecule has 0 saturated heterocycles. The number of amides is 1. The molecule has 2 N–H and O–H groups in total. The molecule has 0 aliphatic heterocycles. The van der Waals surface area contributed by atoms with Crippen molar-refractivity contribution in [3.05, 3.63) is 35.9 Å². The summed E-state index contributed by atoms with van der Waals surface area (Å²) < 4.78 is 5.34. The molecule has 1 aliphatic carbocycles. The maximum Gasteiger partial charge on any atom is 0.329 e. The number of rotatable bonds is 9. The van der Waals surface area contributed by atoms with Crippen LogP contribution in [0.3, 0.4) is 0 Å². The molecule has 1 aromatic carbocycles. The molecule has 0 spiro atoms. The summed E-state index contributed by atoms with van der Waals surface area (Å²) in [4.78, 5) is 25.3. The van der Waals surface area contributed by atoms with Gasteiger partial charge in [-0.05, 0) is 50.1 Å². The molecule has 1 atom stereocenters. The van der Waals surface area contributed by atoms with Gasteiger partial charge in [0.2, 0.25) is 5.91 Å². The Morgan fingerprint density at radius 2 is 1.78 bits per heavy atom. The predicted octanol–water partition coefficient (Wildman–Crippen LogP) is 2.94. The van der Waals surface area contributed by atoms with E-state index in [0.717, 1.165) is 31.2 Å². The molecule has 27 heavy (non-hydrogen) atoms. The highest BCUT2D eigenvalue weighted by atomic mass is 16.5. The predicted molar refractivity (Wildman–Crippen MR) is 107 cm³/mol. The summed E-state index contributed by atoms with van der Waals surface area (Å²) in [5.74, 6) is 1.01. The number of nitrogens with one attached hydrogen (secondary N) is 2. The highest BCUT2D eigenvalue weighted by molar-refractivity contribution is 5.86. The molecule has 1 aliphatic rings. The average molecular weight is 375 g/mol. The van der Waals surface area contributed by atoms with Gasteiger partial charge in [-0.25, -0.2) is 4.79 Å².